The van der Waals surface area contributed by atoms with Crippen LogP contribution in [0, 0.1) is 0 Å². The zero-order valence-corrected chi connectivity index (χ0v) is 17.7. The van der Waals surface area contributed by atoms with Gasteiger partial charge in [0.15, 0.2) is 0 Å². The number of carbonyl (C=O) groups is 1. The Morgan fingerprint density at radius 1 is 0.724 bits per heavy atom. The van der Waals surface area contributed by atoms with Crippen LogP contribution in [0.3, 0.4) is 0 Å². The van der Waals surface area contributed by atoms with Crippen LogP contribution >= 0.6 is 0 Å². The minimum absolute atomic E-state index is 0.289. The molecule has 2 amide bonds. The number of hydrogen-bond donors (Lipinski definition) is 2. The van der Waals surface area contributed by atoms with Gasteiger partial charge in [-0.15, -0.1) is 0 Å². The molecule has 0 saturated carbocycles. The Labute approximate surface area is 174 Å². The summed E-state index contributed by atoms with van der Waals surface area (Å²) < 4.78 is 10.9. The van der Waals surface area contributed by atoms with E-state index in [4.69, 9.17) is 9.47 Å². The molecular weight excluding hydrogens is 364 g/mol. The first-order chi connectivity index (χ1) is 14.2. The highest BCUT2D eigenvalue weighted by molar-refractivity contribution is 5.99. The van der Waals surface area contributed by atoms with Crippen LogP contribution in [0.15, 0.2) is 48.5 Å². The van der Waals surface area contributed by atoms with Crippen LogP contribution in [-0.2, 0) is 0 Å². The fourth-order valence-electron chi connectivity index (χ4n) is 3.03. The highest BCUT2D eigenvalue weighted by Gasteiger charge is 2.03. The molecule has 29 heavy (non-hydrogen) atoms. The minimum atomic E-state index is -0.289. The number of rotatable bonds is 13. The van der Waals surface area contributed by atoms with Crippen LogP contribution in [0.4, 0.5) is 16.2 Å². The molecule has 0 fully saturated rings. The summed E-state index contributed by atoms with van der Waals surface area (Å²) in [5, 5.41) is 5.60. The Kier molecular flexibility index (Phi) is 10.5. The predicted molar refractivity (Wildman–Crippen MR) is 120 cm³/mol. The summed E-state index contributed by atoms with van der Waals surface area (Å²) >= 11 is 0. The zero-order valence-electron chi connectivity index (χ0n) is 17.7. The molecule has 158 valence electrons. The summed E-state index contributed by atoms with van der Waals surface area (Å²) in [4.78, 5) is 12.1. The second kappa shape index (κ2) is 13.5. The average molecular weight is 399 g/mol. The Morgan fingerprint density at radius 2 is 1.21 bits per heavy atom. The molecular formula is C24H34N2O3. The topological polar surface area (TPSA) is 59.6 Å². The smallest absolute Gasteiger partial charge is 0.323 e. The van der Waals surface area contributed by atoms with Crippen molar-refractivity contribution in [3.8, 4) is 11.5 Å². The molecule has 0 atom stereocenters. The summed E-state index contributed by atoms with van der Waals surface area (Å²) in [5.41, 5.74) is 1.42. The number of urea groups is 1. The van der Waals surface area contributed by atoms with Crippen molar-refractivity contribution < 1.29 is 14.3 Å². The van der Waals surface area contributed by atoms with Gasteiger partial charge in [0.25, 0.3) is 0 Å². The number of anilines is 2. The molecule has 0 saturated heterocycles. The lowest BCUT2D eigenvalue weighted by Gasteiger charge is -2.10. The van der Waals surface area contributed by atoms with E-state index in [1.54, 1.807) is 31.4 Å². The van der Waals surface area contributed by atoms with Crippen molar-refractivity contribution in [1.82, 2.24) is 0 Å². The van der Waals surface area contributed by atoms with E-state index < -0.39 is 0 Å². The number of carbonyl (C=O) groups excluding carboxylic acids is 1. The van der Waals surface area contributed by atoms with Crippen LogP contribution in [-0.4, -0.2) is 19.7 Å². The molecule has 2 aromatic carbocycles. The maximum Gasteiger partial charge on any atom is 0.323 e. The van der Waals surface area contributed by atoms with E-state index in [9.17, 15) is 4.79 Å². The van der Waals surface area contributed by atoms with Gasteiger partial charge < -0.3 is 20.1 Å². The Hall–Kier alpha value is -2.69. The number of ether oxygens (including phenoxy) is 2. The van der Waals surface area contributed by atoms with Gasteiger partial charge in [-0.3, -0.25) is 0 Å². The molecule has 2 aromatic rings. The molecule has 5 nitrogen and oxygen atoms in total. The molecule has 5 heteroatoms. The summed E-state index contributed by atoms with van der Waals surface area (Å²) in [5.74, 6) is 1.58. The summed E-state index contributed by atoms with van der Waals surface area (Å²) in [6.45, 7) is 2.98. The van der Waals surface area contributed by atoms with Crippen molar-refractivity contribution in [3.05, 3.63) is 48.5 Å². The van der Waals surface area contributed by atoms with Crippen LogP contribution in [0.5, 0.6) is 11.5 Å². The fourth-order valence-corrected chi connectivity index (χ4v) is 3.03. The largest absolute Gasteiger partial charge is 0.497 e. The first kappa shape index (κ1) is 22.6. The Bertz CT molecular complexity index is 699. The van der Waals surface area contributed by atoms with Gasteiger partial charge in [0.05, 0.1) is 13.7 Å². The van der Waals surface area contributed by atoms with Gasteiger partial charge in [-0.1, -0.05) is 51.9 Å². The number of amides is 2. The second-order valence-electron chi connectivity index (χ2n) is 7.16. The number of hydrogen-bond acceptors (Lipinski definition) is 3. The lowest BCUT2D eigenvalue weighted by Crippen LogP contribution is -2.19. The summed E-state index contributed by atoms with van der Waals surface area (Å²) in [7, 11) is 1.61. The van der Waals surface area contributed by atoms with Gasteiger partial charge in [-0.05, 0) is 55.0 Å². The second-order valence-corrected chi connectivity index (χ2v) is 7.16. The number of benzene rings is 2. The quantitative estimate of drug-likeness (QED) is 0.362. The number of unbranched alkanes of at least 4 members (excludes halogenated alkanes) is 7. The van der Waals surface area contributed by atoms with Crippen molar-refractivity contribution in [2.24, 2.45) is 0 Å². The molecule has 0 bridgehead atoms. The van der Waals surface area contributed by atoms with Crippen LogP contribution in [0.1, 0.15) is 58.3 Å². The third-order valence-electron chi connectivity index (χ3n) is 4.73. The van der Waals surface area contributed by atoms with Gasteiger partial charge in [-0.25, -0.2) is 4.79 Å². The first-order valence-corrected chi connectivity index (χ1v) is 10.7. The fraction of sp³-hybridized carbons (Fsp3) is 0.458. The highest BCUT2D eigenvalue weighted by atomic mass is 16.5. The van der Waals surface area contributed by atoms with Crippen molar-refractivity contribution in [3.63, 3.8) is 0 Å². The molecule has 2 rings (SSSR count). The third kappa shape index (κ3) is 9.37. The normalized spacial score (nSPS) is 10.4. The van der Waals surface area contributed by atoms with E-state index in [2.05, 4.69) is 17.6 Å². The molecule has 0 unspecified atom stereocenters. The Balaban J connectivity index is 1.61. The predicted octanol–water partition coefficient (Wildman–Crippen LogP) is 6.86. The zero-order chi connectivity index (χ0) is 20.7. The van der Waals surface area contributed by atoms with E-state index in [1.165, 1.54) is 44.9 Å². The van der Waals surface area contributed by atoms with Gasteiger partial charge in [0.1, 0.15) is 11.5 Å². The van der Waals surface area contributed by atoms with Gasteiger partial charge in [0, 0.05) is 11.4 Å². The van der Waals surface area contributed by atoms with E-state index >= 15 is 0 Å². The van der Waals surface area contributed by atoms with Crippen molar-refractivity contribution in [1.29, 1.82) is 0 Å². The SMILES string of the molecule is CCCCCCCCCCOc1ccc(NC(=O)Nc2ccc(OC)cc2)cc1. The maximum atomic E-state index is 12.1. The number of nitrogens with one attached hydrogen (secondary N) is 2. The first-order valence-electron chi connectivity index (χ1n) is 10.7. The molecule has 0 heterocycles. The van der Waals surface area contributed by atoms with Gasteiger partial charge >= 0.3 is 6.03 Å². The van der Waals surface area contributed by atoms with E-state index in [-0.39, 0.29) is 6.03 Å². The van der Waals surface area contributed by atoms with Crippen molar-refractivity contribution >= 4 is 17.4 Å². The monoisotopic (exact) mass is 398 g/mol. The van der Waals surface area contributed by atoms with Crippen LogP contribution in [0.25, 0.3) is 0 Å². The maximum absolute atomic E-state index is 12.1. The van der Waals surface area contributed by atoms with E-state index in [0.717, 1.165) is 30.2 Å². The summed E-state index contributed by atoms with van der Waals surface area (Å²) in [6.07, 6.45) is 10.3. The minimum Gasteiger partial charge on any atom is -0.497 e. The van der Waals surface area contributed by atoms with Crippen LogP contribution < -0.4 is 20.1 Å². The third-order valence-corrected chi connectivity index (χ3v) is 4.73. The van der Waals surface area contributed by atoms with Crippen LogP contribution in [0.2, 0.25) is 0 Å². The van der Waals surface area contributed by atoms with Crippen molar-refractivity contribution in [2.75, 3.05) is 24.4 Å². The van der Waals surface area contributed by atoms with E-state index in [0.29, 0.717) is 5.69 Å². The van der Waals surface area contributed by atoms with Crippen molar-refractivity contribution in [2.45, 2.75) is 58.3 Å². The average Bonchev–Trinajstić information content (AvgIpc) is 2.74. The molecule has 0 aliphatic heterocycles. The van der Waals surface area contributed by atoms with E-state index in [1.807, 2.05) is 24.3 Å². The standard InChI is InChI=1S/C24H34N2O3/c1-3-4-5-6-7-8-9-10-19-29-23-17-13-21(14-18-23)26-24(27)25-20-11-15-22(28-2)16-12-20/h11-18H,3-10,19H2,1-2H3,(H2,25,26,27). The molecule has 0 aliphatic carbocycles. The summed E-state index contributed by atoms with van der Waals surface area (Å²) in [6, 6.07) is 14.3. The van der Waals surface area contributed by atoms with Gasteiger partial charge in [0.2, 0.25) is 0 Å². The molecule has 0 aromatic heterocycles. The molecule has 0 aliphatic rings. The molecule has 0 spiro atoms. The molecule has 0 radical (unpaired) electrons. The lowest BCUT2D eigenvalue weighted by atomic mass is 10.1. The van der Waals surface area contributed by atoms with Gasteiger partial charge in [-0.2, -0.15) is 0 Å². The highest BCUT2D eigenvalue weighted by Crippen LogP contribution is 2.18. The Morgan fingerprint density at radius 3 is 1.72 bits per heavy atom. The molecule has 2 N–H and O–H groups in total. The number of methoxy groups -OCH3 is 1. The lowest BCUT2D eigenvalue weighted by molar-refractivity contribution is 0.262.